The topological polar surface area (TPSA) is 65.1 Å². The summed E-state index contributed by atoms with van der Waals surface area (Å²) in [6.45, 7) is 3.64. The zero-order chi connectivity index (χ0) is 19.6. The molecule has 5 rings (SSSR count). The van der Waals surface area contributed by atoms with E-state index in [0.717, 1.165) is 87.0 Å². The van der Waals surface area contributed by atoms with Crippen LogP contribution >= 0.6 is 0 Å². The summed E-state index contributed by atoms with van der Waals surface area (Å²) < 4.78 is 0. The second kappa shape index (κ2) is 8.33. The van der Waals surface area contributed by atoms with Gasteiger partial charge in [0.2, 0.25) is 5.91 Å². The zero-order valence-electron chi connectivity index (χ0n) is 17.4. The fourth-order valence-corrected chi connectivity index (χ4v) is 5.45. The molecule has 0 radical (unpaired) electrons. The smallest absolute Gasteiger partial charge is 0.227 e. The Kier molecular flexibility index (Phi) is 5.42. The predicted octanol–water partition coefficient (Wildman–Crippen LogP) is 3.92. The van der Waals surface area contributed by atoms with Crippen LogP contribution in [0.3, 0.4) is 0 Å². The van der Waals surface area contributed by atoms with Crippen LogP contribution in [0.2, 0.25) is 0 Å². The van der Waals surface area contributed by atoms with Crippen molar-refractivity contribution < 1.29 is 4.79 Å². The van der Waals surface area contributed by atoms with Crippen LogP contribution in [0.1, 0.15) is 63.6 Å². The number of pyridine rings is 1. The van der Waals surface area contributed by atoms with E-state index in [1.807, 2.05) is 0 Å². The van der Waals surface area contributed by atoms with Gasteiger partial charge in [-0.15, -0.1) is 0 Å². The summed E-state index contributed by atoms with van der Waals surface area (Å²) in [5.41, 5.74) is 1.85. The molecule has 4 heterocycles. The van der Waals surface area contributed by atoms with Crippen LogP contribution in [0.15, 0.2) is 12.1 Å². The fourth-order valence-electron chi connectivity index (χ4n) is 5.45. The van der Waals surface area contributed by atoms with Gasteiger partial charge < -0.3 is 14.8 Å². The number of aromatic amines is 1. The number of carbonyl (C=O) groups is 1. The van der Waals surface area contributed by atoms with Gasteiger partial charge >= 0.3 is 0 Å². The van der Waals surface area contributed by atoms with Gasteiger partial charge in [0.05, 0.1) is 11.4 Å². The molecular formula is C23H33N5O. The molecule has 1 aliphatic carbocycles. The quantitative estimate of drug-likeness (QED) is 0.852. The Balaban J connectivity index is 1.28. The number of amides is 1. The number of carbonyl (C=O) groups excluding carboxylic acids is 1. The second-order valence-corrected chi connectivity index (χ2v) is 9.25. The predicted molar refractivity (Wildman–Crippen MR) is 115 cm³/mol. The third kappa shape index (κ3) is 4.12. The number of hydrogen-bond donors (Lipinski definition) is 1. The first-order valence-corrected chi connectivity index (χ1v) is 11.7. The first-order valence-electron chi connectivity index (χ1n) is 11.7. The minimum atomic E-state index is 0.111. The van der Waals surface area contributed by atoms with Gasteiger partial charge in [-0.1, -0.05) is 32.1 Å². The lowest BCUT2D eigenvalue weighted by atomic mass is 9.87. The minimum Gasteiger partial charge on any atom is -0.356 e. The summed E-state index contributed by atoms with van der Waals surface area (Å²) in [6, 6.07) is 4.20. The van der Waals surface area contributed by atoms with Crippen molar-refractivity contribution in [2.75, 3.05) is 31.1 Å². The Labute approximate surface area is 173 Å². The summed E-state index contributed by atoms with van der Waals surface area (Å²) in [5.74, 6) is 3.27. The lowest BCUT2D eigenvalue weighted by Gasteiger charge is -2.34. The number of fused-ring (bicyclic) bond motifs is 1. The van der Waals surface area contributed by atoms with Crippen LogP contribution in [-0.4, -0.2) is 51.9 Å². The van der Waals surface area contributed by atoms with Crippen molar-refractivity contribution in [2.24, 2.45) is 11.8 Å². The number of likely N-dealkylation sites (tertiary alicyclic amines) is 1. The van der Waals surface area contributed by atoms with Gasteiger partial charge in [-0.05, 0) is 43.7 Å². The molecule has 1 atom stereocenters. The van der Waals surface area contributed by atoms with Crippen LogP contribution in [0.4, 0.5) is 5.82 Å². The molecule has 2 saturated heterocycles. The van der Waals surface area contributed by atoms with E-state index in [9.17, 15) is 4.79 Å². The molecule has 156 valence electrons. The van der Waals surface area contributed by atoms with E-state index < -0.39 is 0 Å². The third-order valence-electron chi connectivity index (χ3n) is 7.10. The Morgan fingerprint density at radius 2 is 1.79 bits per heavy atom. The number of hydrogen-bond acceptors (Lipinski definition) is 4. The van der Waals surface area contributed by atoms with Crippen LogP contribution in [-0.2, 0) is 11.2 Å². The van der Waals surface area contributed by atoms with Crippen molar-refractivity contribution in [3.8, 4) is 0 Å². The van der Waals surface area contributed by atoms with E-state index in [1.165, 1.54) is 32.1 Å². The Morgan fingerprint density at radius 1 is 0.966 bits per heavy atom. The number of rotatable bonds is 4. The number of H-pyrrole nitrogens is 1. The molecule has 3 fully saturated rings. The minimum absolute atomic E-state index is 0.111. The molecule has 1 saturated carbocycles. The summed E-state index contributed by atoms with van der Waals surface area (Å²) in [7, 11) is 0. The van der Waals surface area contributed by atoms with E-state index in [-0.39, 0.29) is 5.92 Å². The second-order valence-electron chi connectivity index (χ2n) is 9.25. The number of anilines is 1. The summed E-state index contributed by atoms with van der Waals surface area (Å²) in [4.78, 5) is 30.4. The maximum absolute atomic E-state index is 12.8. The number of nitrogens with one attached hydrogen (secondary N) is 1. The van der Waals surface area contributed by atoms with Gasteiger partial charge in [-0.2, -0.15) is 0 Å². The molecular weight excluding hydrogens is 362 g/mol. The van der Waals surface area contributed by atoms with E-state index in [0.29, 0.717) is 5.91 Å². The van der Waals surface area contributed by atoms with Crippen molar-refractivity contribution in [2.45, 2.75) is 64.2 Å². The maximum atomic E-state index is 12.8. The average molecular weight is 396 g/mol. The maximum Gasteiger partial charge on any atom is 0.227 e. The highest BCUT2D eigenvalue weighted by Gasteiger charge is 2.31. The van der Waals surface area contributed by atoms with Crippen LogP contribution in [0, 0.1) is 11.8 Å². The molecule has 1 amide bonds. The lowest BCUT2D eigenvalue weighted by Crippen LogP contribution is -2.44. The largest absolute Gasteiger partial charge is 0.356 e. The van der Waals surface area contributed by atoms with Crippen molar-refractivity contribution >= 4 is 22.9 Å². The highest BCUT2D eigenvalue weighted by molar-refractivity contribution is 5.80. The standard InChI is InChI=1S/C23H33N5O/c29-23(27-12-4-5-13-27)18-9-6-14-28(16-18)21-11-10-19-22(26-21)25-20(24-19)15-17-7-2-1-3-8-17/h10-11,17-18H,1-9,12-16H2,(H,24,25,26). The fraction of sp³-hybridized carbons (Fsp3) is 0.696. The SMILES string of the molecule is O=C(C1CCCN(c2ccc3[nH]c(CC4CCCCC4)nc3n2)C1)N1CCCC1. The average Bonchev–Trinajstić information content (AvgIpc) is 3.43. The van der Waals surface area contributed by atoms with Gasteiger partial charge in [0, 0.05) is 32.6 Å². The van der Waals surface area contributed by atoms with Crippen molar-refractivity contribution in [3.63, 3.8) is 0 Å². The van der Waals surface area contributed by atoms with Gasteiger partial charge in [0.25, 0.3) is 0 Å². The molecule has 0 aromatic carbocycles. The molecule has 2 aliphatic heterocycles. The van der Waals surface area contributed by atoms with Gasteiger partial charge in [0.15, 0.2) is 5.65 Å². The van der Waals surface area contributed by atoms with Crippen LogP contribution in [0.25, 0.3) is 11.2 Å². The van der Waals surface area contributed by atoms with Crippen molar-refractivity contribution in [3.05, 3.63) is 18.0 Å². The molecule has 2 aromatic rings. The summed E-state index contributed by atoms with van der Waals surface area (Å²) >= 11 is 0. The highest BCUT2D eigenvalue weighted by atomic mass is 16.2. The molecule has 6 heteroatoms. The zero-order valence-corrected chi connectivity index (χ0v) is 17.4. The van der Waals surface area contributed by atoms with E-state index in [2.05, 4.69) is 26.9 Å². The number of aromatic nitrogens is 3. The highest BCUT2D eigenvalue weighted by Crippen LogP contribution is 2.28. The Bertz CT molecular complexity index is 850. The third-order valence-corrected chi connectivity index (χ3v) is 7.10. The number of nitrogens with zero attached hydrogens (tertiary/aromatic N) is 4. The first-order chi connectivity index (χ1) is 14.3. The summed E-state index contributed by atoms with van der Waals surface area (Å²) in [5, 5.41) is 0. The van der Waals surface area contributed by atoms with E-state index in [1.54, 1.807) is 0 Å². The van der Waals surface area contributed by atoms with Crippen molar-refractivity contribution in [1.29, 1.82) is 0 Å². The van der Waals surface area contributed by atoms with Crippen LogP contribution in [0.5, 0.6) is 0 Å². The van der Waals surface area contributed by atoms with E-state index in [4.69, 9.17) is 9.97 Å². The molecule has 6 nitrogen and oxygen atoms in total. The van der Waals surface area contributed by atoms with E-state index >= 15 is 0 Å². The molecule has 1 unspecified atom stereocenters. The summed E-state index contributed by atoms with van der Waals surface area (Å²) in [6.07, 6.45) is 12.2. The molecule has 2 aromatic heterocycles. The van der Waals surface area contributed by atoms with Crippen molar-refractivity contribution in [1.82, 2.24) is 19.9 Å². The number of imidazole rings is 1. The normalized spacial score (nSPS) is 23.8. The molecule has 29 heavy (non-hydrogen) atoms. The molecule has 3 aliphatic rings. The Morgan fingerprint density at radius 3 is 2.62 bits per heavy atom. The monoisotopic (exact) mass is 395 g/mol. The molecule has 0 bridgehead atoms. The van der Waals surface area contributed by atoms with Gasteiger partial charge in [-0.3, -0.25) is 4.79 Å². The number of piperidine rings is 1. The molecule has 1 N–H and O–H groups in total. The first kappa shape index (κ1) is 18.9. The lowest BCUT2D eigenvalue weighted by molar-refractivity contribution is -0.134. The van der Waals surface area contributed by atoms with Crippen LogP contribution < -0.4 is 4.90 Å². The Hall–Kier alpha value is -2.11. The van der Waals surface area contributed by atoms with Gasteiger partial charge in [-0.25, -0.2) is 9.97 Å². The van der Waals surface area contributed by atoms with Gasteiger partial charge in [0.1, 0.15) is 11.6 Å². The molecule has 0 spiro atoms.